The maximum Gasteiger partial charge on any atom is 0.320 e. The summed E-state index contributed by atoms with van der Waals surface area (Å²) in [7, 11) is 0. The molecule has 1 aromatic heterocycles. The molecular formula is C20H28N4O2. The molecule has 26 heavy (non-hydrogen) atoms. The van der Waals surface area contributed by atoms with E-state index in [9.17, 15) is 9.90 Å². The van der Waals surface area contributed by atoms with Crippen LogP contribution in [0, 0.1) is 6.92 Å². The van der Waals surface area contributed by atoms with E-state index in [4.69, 9.17) is 5.10 Å². The minimum atomic E-state index is -0.635. The lowest BCUT2D eigenvalue weighted by Gasteiger charge is -2.28. The molecule has 6 heteroatoms. The van der Waals surface area contributed by atoms with E-state index in [1.807, 2.05) is 51.1 Å². The molecule has 0 bridgehead atoms. The molecule has 0 saturated heterocycles. The first-order valence-electron chi connectivity index (χ1n) is 9.32. The van der Waals surface area contributed by atoms with Gasteiger partial charge < -0.3 is 10.4 Å². The lowest BCUT2D eigenvalue weighted by atomic mass is 9.98. The van der Waals surface area contributed by atoms with Crippen molar-refractivity contribution in [2.24, 2.45) is 0 Å². The molecule has 1 heterocycles. The van der Waals surface area contributed by atoms with Crippen molar-refractivity contribution < 1.29 is 9.90 Å². The number of hydrogen-bond donors (Lipinski definition) is 3. The highest BCUT2D eigenvalue weighted by Crippen LogP contribution is 2.42. The molecule has 0 radical (unpaired) electrons. The van der Waals surface area contributed by atoms with Gasteiger partial charge in [0.15, 0.2) is 0 Å². The highest BCUT2D eigenvalue weighted by atomic mass is 16.3. The summed E-state index contributed by atoms with van der Waals surface area (Å²) in [5.41, 5.74) is 2.34. The number of para-hydroxylation sites is 1. The number of nitrogens with one attached hydrogen (secondary N) is 2. The van der Waals surface area contributed by atoms with E-state index in [-0.39, 0.29) is 12.6 Å². The molecule has 1 fully saturated rings. The van der Waals surface area contributed by atoms with E-state index in [1.54, 1.807) is 4.68 Å². The topological polar surface area (TPSA) is 79.2 Å². The molecule has 6 nitrogen and oxygen atoms in total. The van der Waals surface area contributed by atoms with Gasteiger partial charge in [-0.3, -0.25) is 5.32 Å². The number of aliphatic hydroxyl groups excluding tert-OH is 1. The first kappa shape index (κ1) is 18.5. The van der Waals surface area contributed by atoms with Gasteiger partial charge in [-0.15, -0.1) is 0 Å². The second kappa shape index (κ2) is 7.50. The Bertz CT molecular complexity index is 768. The van der Waals surface area contributed by atoms with Crippen LogP contribution in [-0.2, 0) is 0 Å². The fourth-order valence-electron chi connectivity index (χ4n) is 3.31. The maximum atomic E-state index is 12.6. The lowest BCUT2D eigenvalue weighted by Crippen LogP contribution is -2.50. The lowest BCUT2D eigenvalue weighted by molar-refractivity contribution is 0.167. The molecule has 0 aliphatic heterocycles. The Hall–Kier alpha value is -2.34. The van der Waals surface area contributed by atoms with E-state index >= 15 is 0 Å². The van der Waals surface area contributed by atoms with Crippen LogP contribution in [0.5, 0.6) is 0 Å². The molecule has 1 aromatic carbocycles. The molecule has 2 amide bonds. The number of rotatable bonds is 7. The van der Waals surface area contributed by atoms with Gasteiger partial charge in [-0.25, -0.2) is 9.48 Å². The van der Waals surface area contributed by atoms with Gasteiger partial charge in [0.1, 0.15) is 5.82 Å². The number of amides is 2. The average Bonchev–Trinajstić information content (AvgIpc) is 3.42. The zero-order valence-corrected chi connectivity index (χ0v) is 15.7. The normalized spacial score (nSPS) is 16.2. The van der Waals surface area contributed by atoms with Gasteiger partial charge in [-0.05, 0) is 45.2 Å². The molecular weight excluding hydrogens is 328 g/mol. The molecule has 3 rings (SSSR count). The summed E-state index contributed by atoms with van der Waals surface area (Å²) in [6.45, 7) is 5.79. The smallest absolute Gasteiger partial charge is 0.320 e. The van der Waals surface area contributed by atoms with E-state index in [0.717, 1.165) is 36.2 Å². The molecule has 3 N–H and O–H groups in total. The van der Waals surface area contributed by atoms with Gasteiger partial charge in [0.25, 0.3) is 0 Å². The summed E-state index contributed by atoms with van der Waals surface area (Å²) in [6.07, 6.45) is 3.89. The molecule has 1 saturated carbocycles. The third kappa shape index (κ3) is 3.90. The summed E-state index contributed by atoms with van der Waals surface area (Å²) in [4.78, 5) is 12.6. The second-order valence-electron chi connectivity index (χ2n) is 7.43. The first-order chi connectivity index (χ1) is 12.5. The van der Waals surface area contributed by atoms with Gasteiger partial charge >= 0.3 is 6.03 Å². The van der Waals surface area contributed by atoms with Gasteiger partial charge in [-0.2, -0.15) is 5.10 Å². The molecule has 1 atom stereocenters. The van der Waals surface area contributed by atoms with Gasteiger partial charge in [0, 0.05) is 11.5 Å². The van der Waals surface area contributed by atoms with Crippen molar-refractivity contribution in [1.29, 1.82) is 0 Å². The van der Waals surface area contributed by atoms with Gasteiger partial charge in [-0.1, -0.05) is 31.5 Å². The molecule has 0 unspecified atom stereocenters. The maximum absolute atomic E-state index is 12.6. The fourth-order valence-corrected chi connectivity index (χ4v) is 3.31. The van der Waals surface area contributed by atoms with Crippen molar-refractivity contribution in [3.8, 4) is 5.69 Å². The van der Waals surface area contributed by atoms with Crippen LogP contribution in [0.3, 0.4) is 0 Å². The summed E-state index contributed by atoms with van der Waals surface area (Å²) in [5, 5.41) is 20.3. The number of aromatic nitrogens is 2. The Morgan fingerprint density at radius 2 is 2.04 bits per heavy atom. The van der Waals surface area contributed by atoms with Crippen LogP contribution in [0.1, 0.15) is 56.7 Å². The van der Waals surface area contributed by atoms with Crippen LogP contribution in [0.4, 0.5) is 10.6 Å². The summed E-state index contributed by atoms with van der Waals surface area (Å²) in [6, 6.07) is 9.49. The van der Waals surface area contributed by atoms with E-state index < -0.39 is 5.54 Å². The molecule has 1 aliphatic carbocycles. The van der Waals surface area contributed by atoms with Crippen molar-refractivity contribution >= 4 is 11.8 Å². The number of benzene rings is 1. The number of anilines is 1. The highest BCUT2D eigenvalue weighted by molar-refractivity contribution is 5.90. The average molecular weight is 356 g/mol. The fraction of sp³-hybridized carbons (Fsp3) is 0.500. The van der Waals surface area contributed by atoms with Crippen LogP contribution in [0.15, 0.2) is 30.3 Å². The zero-order valence-electron chi connectivity index (χ0n) is 15.7. The Kier molecular flexibility index (Phi) is 5.32. The quantitative estimate of drug-likeness (QED) is 0.707. The van der Waals surface area contributed by atoms with E-state index in [1.165, 1.54) is 0 Å². The zero-order chi connectivity index (χ0) is 18.7. The van der Waals surface area contributed by atoms with Gasteiger partial charge in [0.05, 0.1) is 23.5 Å². The third-order valence-corrected chi connectivity index (χ3v) is 4.92. The summed E-state index contributed by atoms with van der Waals surface area (Å²) in [5.74, 6) is 1.18. The largest absolute Gasteiger partial charge is 0.394 e. The molecule has 2 aromatic rings. The van der Waals surface area contributed by atoms with Crippen LogP contribution < -0.4 is 10.6 Å². The third-order valence-electron chi connectivity index (χ3n) is 4.92. The number of carbonyl (C=O) groups is 1. The number of aliphatic hydroxyl groups is 1. The predicted molar refractivity (Wildman–Crippen MR) is 103 cm³/mol. The Morgan fingerprint density at radius 3 is 2.62 bits per heavy atom. The van der Waals surface area contributed by atoms with Crippen molar-refractivity contribution in [1.82, 2.24) is 15.1 Å². The minimum absolute atomic E-state index is 0.0987. The minimum Gasteiger partial charge on any atom is -0.394 e. The standard InChI is InChI=1S/C20H28N4O2/c1-4-12-20(3,13-25)22-19(26)21-18-14(2)17(15-10-11-15)23-24(18)16-8-6-5-7-9-16/h5-9,15,25H,4,10-13H2,1-3H3,(H2,21,22,26)/t20-/m0/s1. The molecule has 140 valence electrons. The van der Waals surface area contributed by atoms with Crippen LogP contribution in [-0.4, -0.2) is 33.1 Å². The SMILES string of the molecule is CCC[C@@](C)(CO)NC(=O)Nc1c(C)c(C2CC2)nn1-c1ccccc1. The summed E-state index contributed by atoms with van der Waals surface area (Å²) >= 11 is 0. The predicted octanol–water partition coefficient (Wildman–Crippen LogP) is 3.73. The van der Waals surface area contributed by atoms with Crippen LogP contribution in [0.25, 0.3) is 5.69 Å². The van der Waals surface area contributed by atoms with Crippen molar-refractivity contribution in [2.75, 3.05) is 11.9 Å². The Morgan fingerprint density at radius 1 is 1.35 bits per heavy atom. The number of urea groups is 1. The number of nitrogens with zero attached hydrogens (tertiary/aromatic N) is 2. The summed E-state index contributed by atoms with van der Waals surface area (Å²) < 4.78 is 1.80. The number of carbonyl (C=O) groups excluding carboxylic acids is 1. The van der Waals surface area contributed by atoms with Crippen molar-refractivity contribution in [2.45, 2.75) is 57.9 Å². The highest BCUT2D eigenvalue weighted by Gasteiger charge is 2.31. The second-order valence-corrected chi connectivity index (χ2v) is 7.43. The monoisotopic (exact) mass is 356 g/mol. The Labute approximate surface area is 154 Å². The van der Waals surface area contributed by atoms with E-state index in [0.29, 0.717) is 18.2 Å². The van der Waals surface area contributed by atoms with Gasteiger partial charge in [0.2, 0.25) is 0 Å². The van der Waals surface area contributed by atoms with Crippen LogP contribution >= 0.6 is 0 Å². The number of hydrogen-bond acceptors (Lipinski definition) is 3. The van der Waals surface area contributed by atoms with Crippen molar-refractivity contribution in [3.05, 3.63) is 41.6 Å². The first-order valence-corrected chi connectivity index (χ1v) is 9.32. The van der Waals surface area contributed by atoms with Crippen LogP contribution in [0.2, 0.25) is 0 Å². The Balaban J connectivity index is 1.88. The molecule has 1 aliphatic rings. The van der Waals surface area contributed by atoms with E-state index in [2.05, 4.69) is 10.6 Å². The molecule has 0 spiro atoms. The van der Waals surface area contributed by atoms with Crippen molar-refractivity contribution in [3.63, 3.8) is 0 Å².